The van der Waals surface area contributed by atoms with Crippen molar-refractivity contribution in [1.82, 2.24) is 0 Å². The monoisotopic (exact) mass is 758 g/mol. The summed E-state index contributed by atoms with van der Waals surface area (Å²) in [6.45, 7) is 1.88. The Morgan fingerprint density at radius 3 is 1.39 bits per heavy atom. The normalized spacial score (nSPS) is 17.1. The minimum absolute atomic E-state index is 0.0309. The molecule has 4 aromatic rings. The number of hydrogen-bond donors (Lipinski definition) is 1. The van der Waals surface area contributed by atoms with Crippen LogP contribution in [0.15, 0.2) is 161 Å². The number of carbonyl (C=O) groups excluding carboxylic acids is 1. The fraction of sp³-hybridized carbons (Fsp3) is 0.204. The van der Waals surface area contributed by atoms with Crippen LogP contribution < -0.4 is 19.6 Å². The second-order valence-corrected chi connectivity index (χ2v) is 15.3. The van der Waals surface area contributed by atoms with Crippen molar-refractivity contribution >= 4 is 45.8 Å². The molecular weight excluding hydrogens is 709 g/mol. The first-order chi connectivity index (χ1) is 27.3. The van der Waals surface area contributed by atoms with Gasteiger partial charge in [-0.25, -0.2) is 0 Å². The number of aliphatic hydroxyl groups excluding tert-OH is 1. The van der Waals surface area contributed by atoms with Gasteiger partial charge in [-0.05, 0) is 145 Å². The van der Waals surface area contributed by atoms with Gasteiger partial charge < -0.3 is 34.2 Å². The number of allylic oxidation sites excluding steroid dienone is 9. The second-order valence-electron chi connectivity index (χ2n) is 15.3. The van der Waals surface area contributed by atoms with Gasteiger partial charge in [-0.15, -0.1) is 0 Å². The molecule has 8 heteroatoms. The minimum atomic E-state index is -0.404. The largest absolute Gasteiger partial charge is 0.506 e. The van der Waals surface area contributed by atoms with Crippen LogP contribution in [0.25, 0.3) is 17.3 Å². The van der Waals surface area contributed by atoms with Crippen molar-refractivity contribution in [2.24, 2.45) is 0 Å². The summed E-state index contributed by atoms with van der Waals surface area (Å²) in [4.78, 5) is 22.3. The zero-order valence-corrected chi connectivity index (χ0v) is 34.2. The van der Waals surface area contributed by atoms with E-state index in [0.717, 1.165) is 56.1 Å². The highest BCUT2D eigenvalue weighted by Gasteiger charge is 2.36. The van der Waals surface area contributed by atoms with Crippen LogP contribution in [0.5, 0.6) is 0 Å². The molecule has 0 radical (unpaired) electrons. The van der Waals surface area contributed by atoms with Gasteiger partial charge in [-0.1, -0.05) is 12.1 Å². The molecule has 0 saturated carbocycles. The topological polar surface area (TPSA) is 68.7 Å². The smallest absolute Gasteiger partial charge is 0.200 e. The zero-order valence-electron chi connectivity index (χ0n) is 34.2. The lowest BCUT2D eigenvalue weighted by Gasteiger charge is -2.27. The van der Waals surface area contributed by atoms with Crippen molar-refractivity contribution in [2.75, 3.05) is 76.0 Å². The standard InChI is InChI=1S/C49H50N4O4/c1-31(37-29-45(35-14-22-40(23-15-35)52(6)7)57-46(30-37)36-16-24-41(25-17-36)53(8)9)47-48(54)42(49(47)55)26-32-27-43(33-10-18-38(19-11-33)50(2)3)56-44(28-32)34-12-20-39(21-13-34)51(4)5/h10-30,43,54H,1-9H3. The number of hydrogen-bond acceptors (Lipinski definition) is 8. The number of carbonyl (C=O) groups is 1. The molecule has 0 bridgehead atoms. The summed E-state index contributed by atoms with van der Waals surface area (Å²) in [6.07, 6.45) is 9.16. The van der Waals surface area contributed by atoms with Crippen LogP contribution in [0.4, 0.5) is 22.7 Å². The predicted molar refractivity (Wildman–Crippen MR) is 235 cm³/mol. The number of ketones is 1. The van der Waals surface area contributed by atoms with Crippen molar-refractivity contribution in [3.63, 3.8) is 0 Å². The molecule has 57 heavy (non-hydrogen) atoms. The van der Waals surface area contributed by atoms with Gasteiger partial charge in [0, 0.05) is 95.8 Å². The van der Waals surface area contributed by atoms with E-state index in [1.807, 2.05) is 158 Å². The van der Waals surface area contributed by atoms with Gasteiger partial charge in [0.2, 0.25) is 5.78 Å². The highest BCUT2D eigenvalue weighted by atomic mass is 16.5. The first-order valence-electron chi connectivity index (χ1n) is 19.0. The van der Waals surface area contributed by atoms with Gasteiger partial charge in [0.25, 0.3) is 0 Å². The molecule has 1 N–H and O–H groups in total. The first-order valence-corrected chi connectivity index (χ1v) is 19.0. The molecule has 0 fully saturated rings. The van der Waals surface area contributed by atoms with Crippen LogP contribution >= 0.6 is 0 Å². The first kappa shape index (κ1) is 38.6. The number of nitrogens with zero attached hydrogens (tertiary/aromatic N) is 4. The average molecular weight is 759 g/mol. The molecule has 2 heterocycles. The summed E-state index contributed by atoms with van der Waals surface area (Å²) in [5.74, 6) is 1.74. The molecule has 1 aliphatic carbocycles. The lowest BCUT2D eigenvalue weighted by Crippen LogP contribution is -2.24. The Kier molecular flexibility index (Phi) is 10.7. The van der Waals surface area contributed by atoms with Gasteiger partial charge in [-0.2, -0.15) is 0 Å². The van der Waals surface area contributed by atoms with Gasteiger partial charge >= 0.3 is 0 Å². The fourth-order valence-corrected chi connectivity index (χ4v) is 6.94. The Balaban J connectivity index is 1.27. The molecule has 0 spiro atoms. The molecular formula is C49H50N4O4. The quantitative estimate of drug-likeness (QED) is 0.161. The summed E-state index contributed by atoms with van der Waals surface area (Å²) >= 11 is 0. The van der Waals surface area contributed by atoms with E-state index >= 15 is 0 Å². The molecule has 0 saturated heterocycles. The third-order valence-electron chi connectivity index (χ3n) is 10.5. The van der Waals surface area contributed by atoms with Gasteiger partial charge in [-0.3, -0.25) is 4.79 Å². The molecule has 0 amide bonds. The van der Waals surface area contributed by atoms with Gasteiger partial charge in [0.15, 0.2) is 0 Å². The Hall–Kier alpha value is -6.67. The average Bonchev–Trinajstić information content (AvgIpc) is 3.22. The molecule has 8 nitrogen and oxygen atoms in total. The Bertz CT molecular complexity index is 2340. The number of Topliss-reactive ketones (excluding diaryl/α,β-unsaturated/α-hetero) is 1. The van der Waals surface area contributed by atoms with Crippen LogP contribution in [0, 0.1) is 0 Å². The molecule has 290 valence electrons. The fourth-order valence-electron chi connectivity index (χ4n) is 6.94. The van der Waals surface area contributed by atoms with Gasteiger partial charge in [0.1, 0.15) is 29.1 Å². The molecule has 1 atom stereocenters. The third kappa shape index (κ3) is 8.03. The van der Waals surface area contributed by atoms with E-state index in [9.17, 15) is 9.90 Å². The third-order valence-corrected chi connectivity index (χ3v) is 10.5. The SMILES string of the molecule is CC(=C1C=C(c2ccc(N(C)C)cc2)OC(c2ccc(N(C)C)cc2)=C1)C1=C(O)C(=CC2=CC(c3ccc(N(C)C)cc3)OC(c3ccc(N(C)C)cc3)=C2)C1=O. The number of benzene rings is 4. The predicted octanol–water partition coefficient (Wildman–Crippen LogP) is 9.74. The van der Waals surface area contributed by atoms with E-state index in [2.05, 4.69) is 46.2 Å². The maximum atomic E-state index is 14.1. The molecule has 2 aliphatic heterocycles. The molecule has 3 aliphatic rings. The summed E-state index contributed by atoms with van der Waals surface area (Å²) in [6, 6.07) is 32.7. The minimum Gasteiger partial charge on any atom is -0.506 e. The maximum Gasteiger partial charge on any atom is 0.200 e. The number of aliphatic hydroxyl groups is 1. The van der Waals surface area contributed by atoms with E-state index in [1.54, 1.807) is 6.08 Å². The van der Waals surface area contributed by atoms with Crippen molar-refractivity contribution < 1.29 is 19.4 Å². The summed E-state index contributed by atoms with van der Waals surface area (Å²) in [7, 11) is 16.1. The van der Waals surface area contributed by atoms with Crippen LogP contribution in [0.3, 0.4) is 0 Å². The van der Waals surface area contributed by atoms with Crippen LogP contribution in [-0.4, -0.2) is 67.3 Å². The number of ether oxygens (including phenoxy) is 2. The summed E-state index contributed by atoms with van der Waals surface area (Å²) < 4.78 is 13.1. The molecule has 1 unspecified atom stereocenters. The van der Waals surface area contributed by atoms with Crippen LogP contribution in [0.1, 0.15) is 35.3 Å². The number of anilines is 4. The van der Waals surface area contributed by atoms with Crippen molar-refractivity contribution in [2.45, 2.75) is 13.0 Å². The lowest BCUT2D eigenvalue weighted by molar-refractivity contribution is -0.113. The Labute approximate surface area is 336 Å². The summed E-state index contributed by atoms with van der Waals surface area (Å²) in [5, 5.41) is 11.6. The second kappa shape index (κ2) is 15.8. The zero-order chi connectivity index (χ0) is 40.5. The van der Waals surface area contributed by atoms with E-state index in [-0.39, 0.29) is 17.1 Å². The Morgan fingerprint density at radius 2 is 0.982 bits per heavy atom. The van der Waals surface area contributed by atoms with Gasteiger partial charge in [0.05, 0.1) is 11.1 Å². The van der Waals surface area contributed by atoms with Crippen LogP contribution in [-0.2, 0) is 14.3 Å². The Morgan fingerprint density at radius 1 is 0.579 bits per heavy atom. The highest BCUT2D eigenvalue weighted by Crippen LogP contribution is 2.42. The van der Waals surface area contributed by atoms with E-state index < -0.39 is 6.10 Å². The molecule has 0 aromatic heterocycles. The van der Waals surface area contributed by atoms with E-state index in [0.29, 0.717) is 28.4 Å². The molecule has 7 rings (SSSR count). The molecule has 4 aromatic carbocycles. The van der Waals surface area contributed by atoms with Crippen molar-refractivity contribution in [3.05, 3.63) is 183 Å². The maximum absolute atomic E-state index is 14.1. The van der Waals surface area contributed by atoms with Crippen molar-refractivity contribution in [3.8, 4) is 0 Å². The van der Waals surface area contributed by atoms with Crippen LogP contribution in [0.2, 0.25) is 0 Å². The summed E-state index contributed by atoms with van der Waals surface area (Å²) in [5.41, 5.74) is 10.8. The lowest BCUT2D eigenvalue weighted by atomic mass is 9.80. The highest BCUT2D eigenvalue weighted by molar-refractivity contribution is 6.22. The van der Waals surface area contributed by atoms with E-state index in [4.69, 9.17) is 9.47 Å². The van der Waals surface area contributed by atoms with E-state index in [1.165, 1.54) is 0 Å². The number of rotatable bonds is 10. The van der Waals surface area contributed by atoms with Crippen molar-refractivity contribution in [1.29, 1.82) is 0 Å².